The van der Waals surface area contributed by atoms with Gasteiger partial charge in [0, 0.05) is 11.1 Å². The molecular weight excluding hydrogens is 316 g/mol. The van der Waals surface area contributed by atoms with E-state index in [1.807, 2.05) is 54.0 Å². The number of hydrogen-bond donors (Lipinski definition) is 1. The summed E-state index contributed by atoms with van der Waals surface area (Å²) in [6.45, 7) is 2.29. The lowest BCUT2D eigenvalue weighted by Gasteiger charge is -2.14. The van der Waals surface area contributed by atoms with Gasteiger partial charge in [-0.25, -0.2) is 0 Å². The summed E-state index contributed by atoms with van der Waals surface area (Å²) in [4.78, 5) is 4.81. The molecule has 0 spiro atoms. The van der Waals surface area contributed by atoms with Gasteiger partial charge in [-0.1, -0.05) is 18.2 Å². The molecule has 6 heteroatoms. The molecule has 0 bridgehead atoms. The molecule has 3 aromatic rings. The van der Waals surface area contributed by atoms with Crippen LogP contribution < -0.4 is 4.74 Å². The molecule has 0 radical (unpaired) electrons. The van der Waals surface area contributed by atoms with Gasteiger partial charge in [-0.05, 0) is 36.8 Å². The second-order valence-electron chi connectivity index (χ2n) is 5.89. The highest BCUT2D eigenvalue weighted by Gasteiger charge is 2.23. The lowest BCUT2D eigenvalue weighted by Crippen LogP contribution is -2.10. The number of aliphatic imine (C=N–C) groups is 1. The number of benzene rings is 2. The summed E-state index contributed by atoms with van der Waals surface area (Å²) in [5, 5.41) is 17.9. The molecule has 1 N–H and O–H groups in total. The van der Waals surface area contributed by atoms with Gasteiger partial charge in [0.1, 0.15) is 18.9 Å². The third-order valence-electron chi connectivity index (χ3n) is 4.41. The number of hydrogen-bond acceptors (Lipinski definition) is 5. The van der Waals surface area contributed by atoms with Crippen LogP contribution in [-0.4, -0.2) is 32.7 Å². The van der Waals surface area contributed by atoms with Crippen LogP contribution in [0.5, 0.6) is 5.75 Å². The van der Waals surface area contributed by atoms with E-state index < -0.39 is 0 Å². The number of methoxy groups -OCH3 is 1. The van der Waals surface area contributed by atoms with Crippen molar-refractivity contribution in [2.75, 3.05) is 7.11 Å². The quantitative estimate of drug-likeness (QED) is 0.798. The number of fused-ring (bicyclic) bond motifs is 3. The Labute approximate surface area is 145 Å². The van der Waals surface area contributed by atoms with Gasteiger partial charge in [-0.15, -0.1) is 10.2 Å². The molecule has 6 nitrogen and oxygen atoms in total. The van der Waals surface area contributed by atoms with Crippen molar-refractivity contribution in [1.82, 2.24) is 14.8 Å². The van der Waals surface area contributed by atoms with Crippen molar-refractivity contribution in [2.45, 2.75) is 20.1 Å². The lowest BCUT2D eigenvalue weighted by atomic mass is 9.96. The molecule has 0 fully saturated rings. The predicted octanol–water partition coefficient (Wildman–Crippen LogP) is 2.43. The van der Waals surface area contributed by atoms with Gasteiger partial charge in [0.25, 0.3) is 0 Å². The monoisotopic (exact) mass is 334 g/mol. The molecular formula is C19H18N4O2. The third-order valence-corrected chi connectivity index (χ3v) is 4.41. The minimum atomic E-state index is -0.168. The van der Waals surface area contributed by atoms with Crippen LogP contribution in [0, 0.1) is 6.92 Å². The number of ether oxygens (including phenoxy) is 1. The van der Waals surface area contributed by atoms with Crippen LogP contribution >= 0.6 is 0 Å². The van der Waals surface area contributed by atoms with E-state index in [9.17, 15) is 5.11 Å². The highest BCUT2D eigenvalue weighted by atomic mass is 16.5. The highest BCUT2D eigenvalue weighted by Crippen LogP contribution is 2.28. The van der Waals surface area contributed by atoms with Crippen LogP contribution in [0.4, 0.5) is 0 Å². The number of aromatic nitrogens is 3. The van der Waals surface area contributed by atoms with Crippen molar-refractivity contribution in [1.29, 1.82) is 0 Å². The van der Waals surface area contributed by atoms with Crippen molar-refractivity contribution in [2.24, 2.45) is 4.99 Å². The van der Waals surface area contributed by atoms with Gasteiger partial charge in [-0.3, -0.25) is 9.56 Å². The largest absolute Gasteiger partial charge is 0.497 e. The standard InChI is InChI=1S/C19H18N4O2/c1-12-9-13(25-2)7-8-14(12)19-15-5-3-4-6-16(15)23-17(10-20-19)21-22-18(23)11-24/h3-9,24H,10-11H2,1-2H3. The van der Waals surface area contributed by atoms with Gasteiger partial charge in [0.15, 0.2) is 11.6 Å². The molecule has 1 aliphatic heterocycles. The minimum Gasteiger partial charge on any atom is -0.497 e. The molecule has 2 heterocycles. The fourth-order valence-electron chi connectivity index (χ4n) is 3.20. The van der Waals surface area contributed by atoms with Gasteiger partial charge < -0.3 is 9.84 Å². The number of aliphatic hydroxyl groups excluding tert-OH is 1. The summed E-state index contributed by atoms with van der Waals surface area (Å²) < 4.78 is 7.20. The zero-order valence-electron chi connectivity index (χ0n) is 14.1. The average molecular weight is 334 g/mol. The molecule has 0 atom stereocenters. The van der Waals surface area contributed by atoms with Crippen molar-refractivity contribution in [3.63, 3.8) is 0 Å². The number of nitrogens with zero attached hydrogens (tertiary/aromatic N) is 4. The normalized spacial score (nSPS) is 12.8. The fourth-order valence-corrected chi connectivity index (χ4v) is 3.20. The third kappa shape index (κ3) is 2.51. The van der Waals surface area contributed by atoms with Crippen LogP contribution in [0.1, 0.15) is 28.3 Å². The summed E-state index contributed by atoms with van der Waals surface area (Å²) >= 11 is 0. The topological polar surface area (TPSA) is 72.5 Å². The first-order chi connectivity index (χ1) is 12.2. The van der Waals surface area contributed by atoms with E-state index in [1.165, 1.54) is 0 Å². The van der Waals surface area contributed by atoms with Crippen LogP contribution in [0.25, 0.3) is 5.69 Å². The van der Waals surface area contributed by atoms with Crippen molar-refractivity contribution in [3.05, 3.63) is 70.8 Å². The summed E-state index contributed by atoms with van der Waals surface area (Å²) in [5.41, 5.74) is 4.97. The summed E-state index contributed by atoms with van der Waals surface area (Å²) in [6.07, 6.45) is 0. The van der Waals surface area contributed by atoms with Crippen LogP contribution in [0.2, 0.25) is 0 Å². The Bertz CT molecular complexity index is 975. The molecule has 0 aliphatic carbocycles. The zero-order valence-corrected chi connectivity index (χ0v) is 14.1. The Morgan fingerprint density at radius 3 is 2.72 bits per heavy atom. The molecule has 0 saturated carbocycles. The van der Waals surface area contributed by atoms with E-state index in [4.69, 9.17) is 9.73 Å². The number of para-hydroxylation sites is 1. The maximum Gasteiger partial charge on any atom is 0.163 e. The van der Waals surface area contributed by atoms with Gasteiger partial charge >= 0.3 is 0 Å². The van der Waals surface area contributed by atoms with Crippen LogP contribution in [0.15, 0.2) is 47.5 Å². The first kappa shape index (κ1) is 15.5. The molecule has 2 aromatic carbocycles. The fraction of sp³-hybridized carbons (Fsp3) is 0.211. The van der Waals surface area contributed by atoms with Crippen molar-refractivity contribution >= 4 is 5.71 Å². The first-order valence-electron chi connectivity index (χ1n) is 8.06. The number of rotatable bonds is 3. The molecule has 0 amide bonds. The van der Waals surface area contributed by atoms with E-state index in [1.54, 1.807) is 7.11 Å². The van der Waals surface area contributed by atoms with E-state index in [-0.39, 0.29) is 6.61 Å². The SMILES string of the molecule is COc1ccc(C2=NCc3nnc(CO)n3-c3ccccc32)c(C)c1. The van der Waals surface area contributed by atoms with Gasteiger partial charge in [-0.2, -0.15) is 0 Å². The smallest absolute Gasteiger partial charge is 0.163 e. The van der Waals surface area contributed by atoms with E-state index in [0.29, 0.717) is 12.4 Å². The Morgan fingerprint density at radius 2 is 1.96 bits per heavy atom. The Morgan fingerprint density at radius 1 is 1.12 bits per heavy atom. The summed E-state index contributed by atoms with van der Waals surface area (Å²) in [7, 11) is 1.66. The van der Waals surface area contributed by atoms with E-state index in [0.717, 1.165) is 39.7 Å². The van der Waals surface area contributed by atoms with Crippen LogP contribution in [-0.2, 0) is 13.2 Å². The molecule has 0 unspecified atom stereocenters. The molecule has 0 saturated heterocycles. The number of aryl methyl sites for hydroxylation is 1. The van der Waals surface area contributed by atoms with Gasteiger partial charge in [0.05, 0.1) is 18.5 Å². The molecule has 1 aliphatic rings. The lowest BCUT2D eigenvalue weighted by molar-refractivity contribution is 0.268. The summed E-state index contributed by atoms with van der Waals surface area (Å²) in [5.74, 6) is 2.06. The molecule has 1 aromatic heterocycles. The zero-order chi connectivity index (χ0) is 17.4. The second kappa shape index (κ2) is 6.14. The van der Waals surface area contributed by atoms with Crippen molar-refractivity contribution in [3.8, 4) is 11.4 Å². The van der Waals surface area contributed by atoms with E-state index >= 15 is 0 Å². The highest BCUT2D eigenvalue weighted by molar-refractivity contribution is 6.16. The molecule has 4 rings (SSSR count). The Kier molecular flexibility index (Phi) is 3.82. The Balaban J connectivity index is 1.93. The maximum absolute atomic E-state index is 9.61. The molecule has 25 heavy (non-hydrogen) atoms. The van der Waals surface area contributed by atoms with Crippen molar-refractivity contribution < 1.29 is 9.84 Å². The minimum absolute atomic E-state index is 0.168. The second-order valence-corrected chi connectivity index (χ2v) is 5.89. The maximum atomic E-state index is 9.61. The Hall–Kier alpha value is -2.99. The first-order valence-corrected chi connectivity index (χ1v) is 8.06. The number of aliphatic hydroxyl groups is 1. The van der Waals surface area contributed by atoms with E-state index in [2.05, 4.69) is 10.2 Å². The average Bonchev–Trinajstić information content (AvgIpc) is 2.98. The van der Waals surface area contributed by atoms with Gasteiger partial charge in [0.2, 0.25) is 0 Å². The predicted molar refractivity (Wildman–Crippen MR) is 94.4 cm³/mol. The molecule has 126 valence electrons. The van der Waals surface area contributed by atoms with Crippen LogP contribution in [0.3, 0.4) is 0 Å². The summed E-state index contributed by atoms with van der Waals surface area (Å²) in [6, 6.07) is 14.0.